The van der Waals surface area contributed by atoms with Gasteiger partial charge in [0.15, 0.2) is 0 Å². The molecule has 5 heteroatoms. The minimum absolute atomic E-state index is 0.200. The number of carbonyl (C=O) groups is 2. The first-order valence-electron chi connectivity index (χ1n) is 7.07. The first kappa shape index (κ1) is 13.1. The molecule has 3 rings (SSSR count). The van der Waals surface area contributed by atoms with Gasteiger partial charge in [-0.3, -0.25) is 9.59 Å². The number of nitrogens with one attached hydrogen (secondary N) is 1. The highest BCUT2D eigenvalue weighted by atomic mass is 16.2. The molecule has 1 aromatic rings. The van der Waals surface area contributed by atoms with Crippen LogP contribution in [0.3, 0.4) is 0 Å². The summed E-state index contributed by atoms with van der Waals surface area (Å²) in [6.45, 7) is 2.40. The molecule has 1 heterocycles. The molecule has 20 heavy (non-hydrogen) atoms. The van der Waals surface area contributed by atoms with E-state index in [4.69, 9.17) is 5.73 Å². The monoisotopic (exact) mass is 273 g/mol. The Morgan fingerprint density at radius 3 is 2.80 bits per heavy atom. The van der Waals surface area contributed by atoms with Gasteiger partial charge in [0.05, 0.1) is 6.04 Å². The molecule has 0 saturated heterocycles. The number of nitrogens with zero attached hydrogens (tertiary/aromatic N) is 1. The third kappa shape index (κ3) is 2.41. The second-order valence-corrected chi connectivity index (χ2v) is 5.64. The standard InChI is InChI=1S/C15H19N3O2/c1-9(16)14(19)17-12-4-5-13-11(8-12)6-7-18(13)15(20)10-2-3-10/h4-5,8-10H,2-3,6-7,16H2,1H3,(H,17,19)/t9-/m1/s1. The van der Waals surface area contributed by atoms with Crippen LogP contribution in [0.25, 0.3) is 0 Å². The van der Waals surface area contributed by atoms with Gasteiger partial charge < -0.3 is 16.0 Å². The topological polar surface area (TPSA) is 75.4 Å². The first-order valence-corrected chi connectivity index (χ1v) is 7.07. The van der Waals surface area contributed by atoms with Gasteiger partial charge in [0.1, 0.15) is 0 Å². The molecule has 1 saturated carbocycles. The van der Waals surface area contributed by atoms with E-state index in [2.05, 4.69) is 5.32 Å². The Kier molecular flexibility index (Phi) is 3.22. The number of hydrogen-bond donors (Lipinski definition) is 2. The van der Waals surface area contributed by atoms with E-state index < -0.39 is 6.04 Å². The van der Waals surface area contributed by atoms with Gasteiger partial charge >= 0.3 is 0 Å². The van der Waals surface area contributed by atoms with E-state index in [0.29, 0.717) is 0 Å². The summed E-state index contributed by atoms with van der Waals surface area (Å²) in [7, 11) is 0. The maximum absolute atomic E-state index is 12.2. The van der Waals surface area contributed by atoms with Crippen LogP contribution in [0.2, 0.25) is 0 Å². The summed E-state index contributed by atoms with van der Waals surface area (Å²) in [6, 6.07) is 5.16. The van der Waals surface area contributed by atoms with Crippen LogP contribution >= 0.6 is 0 Å². The summed E-state index contributed by atoms with van der Waals surface area (Å²) in [5, 5.41) is 2.78. The number of hydrogen-bond acceptors (Lipinski definition) is 3. The number of benzene rings is 1. The van der Waals surface area contributed by atoms with Crippen molar-refractivity contribution < 1.29 is 9.59 Å². The molecule has 5 nitrogen and oxygen atoms in total. The molecule has 0 radical (unpaired) electrons. The third-order valence-electron chi connectivity index (χ3n) is 3.85. The number of rotatable bonds is 3. The third-order valence-corrected chi connectivity index (χ3v) is 3.85. The van der Waals surface area contributed by atoms with Crippen LogP contribution in [0, 0.1) is 5.92 Å². The zero-order chi connectivity index (χ0) is 14.3. The average Bonchev–Trinajstić information content (AvgIpc) is 3.18. The molecular formula is C15H19N3O2. The van der Waals surface area contributed by atoms with Crippen LogP contribution in [0.5, 0.6) is 0 Å². The minimum atomic E-state index is -0.531. The van der Waals surface area contributed by atoms with Gasteiger partial charge in [-0.05, 0) is 49.9 Å². The fourth-order valence-electron chi connectivity index (χ4n) is 2.52. The Hall–Kier alpha value is -1.88. The lowest BCUT2D eigenvalue weighted by Crippen LogP contribution is -2.32. The van der Waals surface area contributed by atoms with Gasteiger partial charge in [0.2, 0.25) is 11.8 Å². The highest BCUT2D eigenvalue weighted by Crippen LogP contribution is 2.37. The van der Waals surface area contributed by atoms with Gasteiger partial charge in [-0.15, -0.1) is 0 Å². The van der Waals surface area contributed by atoms with E-state index in [9.17, 15) is 9.59 Å². The van der Waals surface area contributed by atoms with Gasteiger partial charge in [0.25, 0.3) is 0 Å². The molecule has 1 atom stereocenters. The van der Waals surface area contributed by atoms with Crippen LogP contribution in [0.1, 0.15) is 25.3 Å². The second kappa shape index (κ2) is 4.90. The molecule has 0 aromatic heterocycles. The van der Waals surface area contributed by atoms with E-state index >= 15 is 0 Å². The lowest BCUT2D eigenvalue weighted by atomic mass is 10.1. The predicted octanol–water partition coefficient (Wildman–Crippen LogP) is 1.27. The van der Waals surface area contributed by atoms with E-state index in [1.165, 1.54) is 0 Å². The molecule has 0 bridgehead atoms. The van der Waals surface area contributed by atoms with Crippen molar-refractivity contribution in [1.29, 1.82) is 0 Å². The Balaban J connectivity index is 1.77. The molecule has 1 aliphatic heterocycles. The molecule has 3 N–H and O–H groups in total. The summed E-state index contributed by atoms with van der Waals surface area (Å²) in [5.74, 6) is 0.281. The smallest absolute Gasteiger partial charge is 0.240 e. The zero-order valence-electron chi connectivity index (χ0n) is 11.6. The van der Waals surface area contributed by atoms with Crippen LogP contribution in [0.15, 0.2) is 18.2 Å². The van der Waals surface area contributed by atoms with E-state index in [0.717, 1.165) is 42.7 Å². The van der Waals surface area contributed by atoms with Crippen molar-refractivity contribution in [1.82, 2.24) is 0 Å². The van der Waals surface area contributed by atoms with E-state index in [1.54, 1.807) is 6.92 Å². The number of carbonyl (C=O) groups excluding carboxylic acids is 2. The summed E-state index contributed by atoms with van der Waals surface area (Å²) in [5.41, 5.74) is 8.38. The van der Waals surface area contributed by atoms with Crippen LogP contribution in [-0.2, 0) is 16.0 Å². The highest BCUT2D eigenvalue weighted by molar-refractivity contribution is 5.99. The van der Waals surface area contributed by atoms with Crippen molar-refractivity contribution in [3.05, 3.63) is 23.8 Å². The SMILES string of the molecule is C[C@@H](N)C(=O)Nc1ccc2c(c1)CCN2C(=O)C1CC1. The maximum Gasteiger partial charge on any atom is 0.240 e. The summed E-state index contributed by atoms with van der Waals surface area (Å²) in [6.07, 6.45) is 2.88. The van der Waals surface area contributed by atoms with Crippen molar-refractivity contribution in [2.75, 3.05) is 16.8 Å². The molecule has 106 valence electrons. The van der Waals surface area contributed by atoms with Crippen molar-refractivity contribution in [2.24, 2.45) is 11.7 Å². The number of amides is 2. The number of anilines is 2. The first-order chi connectivity index (χ1) is 9.56. The minimum Gasteiger partial charge on any atom is -0.325 e. The Labute approximate surface area is 118 Å². The van der Waals surface area contributed by atoms with Gasteiger partial charge in [-0.25, -0.2) is 0 Å². The summed E-state index contributed by atoms with van der Waals surface area (Å²) < 4.78 is 0. The predicted molar refractivity (Wildman–Crippen MR) is 77.5 cm³/mol. The number of fused-ring (bicyclic) bond motifs is 1. The van der Waals surface area contributed by atoms with Gasteiger partial charge in [-0.2, -0.15) is 0 Å². The zero-order valence-corrected chi connectivity index (χ0v) is 11.6. The largest absolute Gasteiger partial charge is 0.325 e. The Morgan fingerprint density at radius 1 is 1.40 bits per heavy atom. The van der Waals surface area contributed by atoms with Crippen molar-refractivity contribution >= 4 is 23.2 Å². The summed E-state index contributed by atoms with van der Waals surface area (Å²) in [4.78, 5) is 25.6. The van der Waals surface area contributed by atoms with Gasteiger partial charge in [0, 0.05) is 23.8 Å². The van der Waals surface area contributed by atoms with Crippen molar-refractivity contribution in [3.63, 3.8) is 0 Å². The molecule has 1 fully saturated rings. The van der Waals surface area contributed by atoms with E-state index in [-0.39, 0.29) is 17.7 Å². The molecule has 1 aliphatic carbocycles. The van der Waals surface area contributed by atoms with Gasteiger partial charge in [-0.1, -0.05) is 0 Å². The van der Waals surface area contributed by atoms with E-state index in [1.807, 2.05) is 23.1 Å². The fourth-order valence-corrected chi connectivity index (χ4v) is 2.52. The molecule has 0 spiro atoms. The quantitative estimate of drug-likeness (QED) is 0.871. The molecular weight excluding hydrogens is 254 g/mol. The Bertz CT molecular complexity index is 564. The molecule has 1 aromatic carbocycles. The van der Waals surface area contributed by atoms with Crippen LogP contribution < -0.4 is 16.0 Å². The lowest BCUT2D eigenvalue weighted by Gasteiger charge is -2.17. The molecule has 2 amide bonds. The number of nitrogens with two attached hydrogens (primary N) is 1. The lowest BCUT2D eigenvalue weighted by molar-refractivity contribution is -0.119. The fraction of sp³-hybridized carbons (Fsp3) is 0.467. The highest BCUT2D eigenvalue weighted by Gasteiger charge is 2.36. The van der Waals surface area contributed by atoms with Crippen LogP contribution in [-0.4, -0.2) is 24.4 Å². The van der Waals surface area contributed by atoms with Crippen molar-refractivity contribution in [3.8, 4) is 0 Å². The average molecular weight is 273 g/mol. The molecule has 2 aliphatic rings. The van der Waals surface area contributed by atoms with Crippen molar-refractivity contribution in [2.45, 2.75) is 32.2 Å². The Morgan fingerprint density at radius 2 is 2.15 bits per heavy atom. The normalized spacial score (nSPS) is 18.6. The molecule has 0 unspecified atom stereocenters. The summed E-state index contributed by atoms with van der Waals surface area (Å²) >= 11 is 0. The van der Waals surface area contributed by atoms with Crippen LogP contribution in [0.4, 0.5) is 11.4 Å². The maximum atomic E-state index is 12.2. The second-order valence-electron chi connectivity index (χ2n) is 5.64.